The molecule has 1 saturated heterocycles. The third kappa shape index (κ3) is 3.54. The third-order valence-electron chi connectivity index (χ3n) is 3.68. The summed E-state index contributed by atoms with van der Waals surface area (Å²) in [6.07, 6.45) is 4.84. The molecule has 0 radical (unpaired) electrons. The van der Waals surface area contributed by atoms with Crippen LogP contribution in [0.1, 0.15) is 5.56 Å². The number of nitrogens with one attached hydrogen (secondary N) is 1. The quantitative estimate of drug-likeness (QED) is 0.399. The molecule has 3 rings (SSSR count). The van der Waals surface area contributed by atoms with Crippen LogP contribution in [0.25, 0.3) is 17.3 Å². The van der Waals surface area contributed by atoms with E-state index in [1.54, 1.807) is 18.3 Å². The van der Waals surface area contributed by atoms with Crippen molar-refractivity contribution >= 4 is 35.2 Å². The molecular weight excluding hydrogens is 334 g/mol. The van der Waals surface area contributed by atoms with Crippen LogP contribution in [0, 0.1) is 0 Å². The zero-order chi connectivity index (χ0) is 17.8. The third-order valence-corrected chi connectivity index (χ3v) is 4.00. The number of carbonyl (C=O) groups excluding carboxylic acids is 2. The lowest BCUT2D eigenvalue weighted by atomic mass is 10.0. The molecule has 5 nitrogen and oxygen atoms in total. The highest BCUT2D eigenvalue weighted by molar-refractivity contribution is 7.80. The van der Waals surface area contributed by atoms with Crippen molar-refractivity contribution in [3.8, 4) is 11.3 Å². The molecule has 0 atom stereocenters. The Bertz CT molecular complexity index is 873. The topological polar surface area (TPSA) is 62.3 Å². The Kier molecular flexibility index (Phi) is 4.81. The molecule has 1 fully saturated rings. The van der Waals surface area contributed by atoms with Crippen LogP contribution >= 0.6 is 12.2 Å². The van der Waals surface area contributed by atoms with E-state index in [1.807, 2.05) is 42.5 Å². The van der Waals surface area contributed by atoms with E-state index in [1.165, 1.54) is 4.90 Å². The number of hydrogen-bond acceptors (Lipinski definition) is 4. The number of hydrogen-bond donors (Lipinski definition) is 1. The Morgan fingerprint density at radius 3 is 2.56 bits per heavy atom. The first kappa shape index (κ1) is 16.7. The highest BCUT2D eigenvalue weighted by Crippen LogP contribution is 2.19. The Balaban J connectivity index is 1.88. The molecule has 2 amide bonds. The van der Waals surface area contributed by atoms with Gasteiger partial charge < -0.3 is 0 Å². The van der Waals surface area contributed by atoms with Crippen molar-refractivity contribution in [2.24, 2.45) is 0 Å². The Morgan fingerprint density at radius 1 is 1.16 bits per heavy atom. The second-order valence-electron chi connectivity index (χ2n) is 5.36. The van der Waals surface area contributed by atoms with Gasteiger partial charge in [-0.05, 0) is 36.0 Å². The zero-order valence-electron chi connectivity index (χ0n) is 13.3. The molecule has 1 N–H and O–H groups in total. The zero-order valence-corrected chi connectivity index (χ0v) is 14.1. The average Bonchev–Trinajstić information content (AvgIpc) is 2.63. The van der Waals surface area contributed by atoms with E-state index in [4.69, 9.17) is 12.2 Å². The molecular formula is C19H15N3O2S. The van der Waals surface area contributed by atoms with E-state index >= 15 is 0 Å². The molecule has 6 heteroatoms. The minimum absolute atomic E-state index is 0.0426. The van der Waals surface area contributed by atoms with E-state index in [9.17, 15) is 9.59 Å². The normalized spacial score (nSPS) is 16.1. The molecule has 1 aliphatic rings. The SMILES string of the molecule is C=CCN1C(=O)/C(=C/c2ccc(-c3ccccn3)cc2)C(=O)NC1=S. The largest absolute Gasteiger partial charge is 0.298 e. The number of nitrogens with zero attached hydrogens (tertiary/aromatic N) is 2. The van der Waals surface area contributed by atoms with Crippen molar-refractivity contribution in [1.82, 2.24) is 15.2 Å². The summed E-state index contributed by atoms with van der Waals surface area (Å²) in [6, 6.07) is 13.2. The first-order valence-electron chi connectivity index (χ1n) is 7.61. The predicted octanol–water partition coefficient (Wildman–Crippen LogP) is 2.56. The fourth-order valence-corrected chi connectivity index (χ4v) is 2.69. The van der Waals surface area contributed by atoms with Gasteiger partial charge in [0, 0.05) is 18.3 Å². The maximum absolute atomic E-state index is 12.5. The molecule has 124 valence electrons. The molecule has 2 aromatic rings. The van der Waals surface area contributed by atoms with Crippen molar-refractivity contribution in [2.45, 2.75) is 0 Å². The summed E-state index contributed by atoms with van der Waals surface area (Å²) in [5, 5.41) is 2.62. The molecule has 1 aliphatic heterocycles. The van der Waals surface area contributed by atoms with Gasteiger partial charge in [-0.25, -0.2) is 0 Å². The van der Waals surface area contributed by atoms with E-state index < -0.39 is 11.8 Å². The molecule has 0 unspecified atom stereocenters. The molecule has 0 aliphatic carbocycles. The number of amides is 2. The summed E-state index contributed by atoms with van der Waals surface area (Å²) >= 11 is 5.03. The van der Waals surface area contributed by atoms with Gasteiger partial charge in [0.05, 0.1) is 5.69 Å². The highest BCUT2D eigenvalue weighted by Gasteiger charge is 2.32. The summed E-state index contributed by atoms with van der Waals surface area (Å²) in [4.78, 5) is 30.2. The van der Waals surface area contributed by atoms with Gasteiger partial charge in [-0.15, -0.1) is 6.58 Å². The van der Waals surface area contributed by atoms with Gasteiger partial charge in [0.15, 0.2) is 5.11 Å². The molecule has 1 aromatic heterocycles. The molecule has 1 aromatic carbocycles. The van der Waals surface area contributed by atoms with Gasteiger partial charge in [-0.3, -0.25) is 24.8 Å². The number of benzene rings is 1. The highest BCUT2D eigenvalue weighted by atomic mass is 32.1. The number of aromatic nitrogens is 1. The minimum atomic E-state index is -0.496. The van der Waals surface area contributed by atoms with E-state index in [0.717, 1.165) is 16.8 Å². The van der Waals surface area contributed by atoms with Crippen LogP contribution in [-0.2, 0) is 9.59 Å². The standard InChI is InChI=1S/C19H15N3O2S/c1-2-11-22-18(24)15(17(23)21-19(22)25)12-13-6-8-14(9-7-13)16-5-3-4-10-20-16/h2-10,12H,1,11H2,(H,21,23,25)/b15-12+. The Hall–Kier alpha value is -3.12. The first-order chi connectivity index (χ1) is 12.1. The Labute approximate surface area is 150 Å². The van der Waals surface area contributed by atoms with E-state index in [-0.39, 0.29) is 17.2 Å². The van der Waals surface area contributed by atoms with Crippen LogP contribution < -0.4 is 5.32 Å². The van der Waals surface area contributed by atoms with Crippen molar-refractivity contribution in [3.05, 3.63) is 72.5 Å². The molecule has 0 bridgehead atoms. The lowest BCUT2D eigenvalue weighted by Gasteiger charge is -2.27. The van der Waals surface area contributed by atoms with E-state index in [2.05, 4.69) is 16.9 Å². The average molecular weight is 349 g/mol. The summed E-state index contributed by atoms with van der Waals surface area (Å²) in [6.45, 7) is 3.84. The van der Waals surface area contributed by atoms with Gasteiger partial charge in [-0.1, -0.05) is 36.4 Å². The fraction of sp³-hybridized carbons (Fsp3) is 0.0526. The summed E-state index contributed by atoms with van der Waals surface area (Å²) in [5.74, 6) is -0.924. The minimum Gasteiger partial charge on any atom is -0.298 e. The van der Waals surface area contributed by atoms with Crippen LogP contribution in [0.3, 0.4) is 0 Å². The van der Waals surface area contributed by atoms with Gasteiger partial charge >= 0.3 is 0 Å². The van der Waals surface area contributed by atoms with Crippen molar-refractivity contribution in [3.63, 3.8) is 0 Å². The lowest BCUT2D eigenvalue weighted by molar-refractivity contribution is -0.128. The van der Waals surface area contributed by atoms with Gasteiger partial charge in [0.1, 0.15) is 5.57 Å². The second kappa shape index (κ2) is 7.19. The number of pyridine rings is 1. The van der Waals surface area contributed by atoms with Gasteiger partial charge in [-0.2, -0.15) is 0 Å². The summed E-state index contributed by atoms with van der Waals surface area (Å²) in [7, 11) is 0. The summed E-state index contributed by atoms with van der Waals surface area (Å²) < 4.78 is 0. The number of carbonyl (C=O) groups is 2. The number of rotatable bonds is 4. The Morgan fingerprint density at radius 2 is 1.92 bits per heavy atom. The number of thiocarbonyl (C=S) groups is 1. The maximum atomic E-state index is 12.5. The fourth-order valence-electron chi connectivity index (χ4n) is 2.44. The second-order valence-corrected chi connectivity index (χ2v) is 5.75. The van der Waals surface area contributed by atoms with Crippen LogP contribution in [0.5, 0.6) is 0 Å². The van der Waals surface area contributed by atoms with Crippen LogP contribution in [0.4, 0.5) is 0 Å². The van der Waals surface area contributed by atoms with E-state index in [0.29, 0.717) is 0 Å². The van der Waals surface area contributed by atoms with Crippen molar-refractivity contribution in [2.75, 3.05) is 6.54 Å². The smallest absolute Gasteiger partial charge is 0.265 e. The molecule has 25 heavy (non-hydrogen) atoms. The maximum Gasteiger partial charge on any atom is 0.265 e. The lowest BCUT2D eigenvalue weighted by Crippen LogP contribution is -2.53. The summed E-state index contributed by atoms with van der Waals surface area (Å²) in [5.41, 5.74) is 2.60. The predicted molar refractivity (Wildman–Crippen MR) is 100 cm³/mol. The molecule has 0 saturated carbocycles. The van der Waals surface area contributed by atoms with Crippen LogP contribution in [-0.4, -0.2) is 33.4 Å². The van der Waals surface area contributed by atoms with Crippen molar-refractivity contribution < 1.29 is 9.59 Å². The molecule has 0 spiro atoms. The first-order valence-corrected chi connectivity index (χ1v) is 8.02. The van der Waals surface area contributed by atoms with Gasteiger partial charge in [0.25, 0.3) is 11.8 Å². The van der Waals surface area contributed by atoms with Crippen molar-refractivity contribution in [1.29, 1.82) is 0 Å². The van der Waals surface area contributed by atoms with Crippen LogP contribution in [0.2, 0.25) is 0 Å². The molecule has 2 heterocycles. The monoisotopic (exact) mass is 349 g/mol. The van der Waals surface area contributed by atoms with Crippen LogP contribution in [0.15, 0.2) is 66.9 Å². The van der Waals surface area contributed by atoms with Gasteiger partial charge in [0.2, 0.25) is 0 Å².